The molecule has 0 saturated heterocycles. The predicted octanol–water partition coefficient (Wildman–Crippen LogP) is 0.339. The molecule has 0 aromatic carbocycles. The molecule has 0 aliphatic carbocycles. The van der Waals surface area contributed by atoms with E-state index in [0.29, 0.717) is 5.69 Å². The Kier molecular flexibility index (Phi) is 3.15. The van der Waals surface area contributed by atoms with E-state index >= 15 is 0 Å². The molecule has 112 valence electrons. The lowest BCUT2D eigenvalue weighted by Crippen LogP contribution is -2.29. The second kappa shape index (κ2) is 4.87. The quantitative estimate of drug-likeness (QED) is 0.848. The fourth-order valence-electron chi connectivity index (χ4n) is 2.62. The van der Waals surface area contributed by atoms with Crippen molar-refractivity contribution in [3.63, 3.8) is 0 Å². The fraction of sp³-hybridized carbons (Fsp3) is 0.538. The number of rotatable bonds is 3. The maximum atomic E-state index is 12.3. The van der Waals surface area contributed by atoms with Gasteiger partial charge in [-0.3, -0.25) is 9.48 Å². The van der Waals surface area contributed by atoms with Crippen LogP contribution in [0.5, 0.6) is 0 Å². The van der Waals surface area contributed by atoms with Crippen LogP contribution in [0, 0.1) is 6.92 Å². The molecule has 1 aliphatic rings. The third-order valence-electron chi connectivity index (χ3n) is 3.97. The standard InChI is InChI=1S/C13H19N7O/c1-7(12-17-16-9-5-4-6-20(9)12)15-13(21)11-10(14)8(2)19(3)18-11/h7H,4-6,14H2,1-3H3,(H,15,21). The number of aromatic nitrogens is 5. The van der Waals surface area contributed by atoms with E-state index in [4.69, 9.17) is 5.73 Å². The minimum atomic E-state index is -0.293. The molecule has 1 unspecified atom stereocenters. The van der Waals surface area contributed by atoms with Gasteiger partial charge in [-0.15, -0.1) is 10.2 Å². The molecular weight excluding hydrogens is 270 g/mol. The topological polar surface area (TPSA) is 104 Å². The molecule has 8 nitrogen and oxygen atoms in total. The average Bonchev–Trinajstić information content (AvgIpc) is 3.09. The Labute approximate surface area is 122 Å². The SMILES string of the molecule is Cc1c(N)c(C(=O)NC(C)c2nnc3n2CCC3)nn1C. The van der Waals surface area contributed by atoms with Crippen LogP contribution in [0.1, 0.15) is 47.2 Å². The van der Waals surface area contributed by atoms with E-state index in [1.807, 2.05) is 13.8 Å². The lowest BCUT2D eigenvalue weighted by atomic mass is 10.2. The predicted molar refractivity (Wildman–Crippen MR) is 76.6 cm³/mol. The zero-order valence-electron chi connectivity index (χ0n) is 12.4. The third kappa shape index (κ3) is 2.16. The van der Waals surface area contributed by atoms with E-state index in [9.17, 15) is 4.79 Å². The Morgan fingerprint density at radius 2 is 2.19 bits per heavy atom. The first-order valence-corrected chi connectivity index (χ1v) is 7.01. The molecule has 0 saturated carbocycles. The van der Waals surface area contributed by atoms with Gasteiger partial charge >= 0.3 is 0 Å². The van der Waals surface area contributed by atoms with Crippen molar-refractivity contribution in [2.24, 2.45) is 7.05 Å². The van der Waals surface area contributed by atoms with Gasteiger partial charge in [0.25, 0.3) is 5.91 Å². The third-order valence-corrected chi connectivity index (χ3v) is 3.97. The van der Waals surface area contributed by atoms with Gasteiger partial charge in [-0.05, 0) is 20.3 Å². The molecule has 2 aromatic rings. The Morgan fingerprint density at radius 3 is 2.86 bits per heavy atom. The summed E-state index contributed by atoms with van der Waals surface area (Å²) in [7, 11) is 1.76. The van der Waals surface area contributed by atoms with Crippen molar-refractivity contribution < 1.29 is 4.79 Å². The van der Waals surface area contributed by atoms with Crippen molar-refractivity contribution in [2.75, 3.05) is 5.73 Å². The maximum Gasteiger partial charge on any atom is 0.274 e. The van der Waals surface area contributed by atoms with Crippen LogP contribution in [-0.2, 0) is 20.0 Å². The van der Waals surface area contributed by atoms with Gasteiger partial charge in [0.2, 0.25) is 0 Å². The number of hydrogen-bond donors (Lipinski definition) is 2. The van der Waals surface area contributed by atoms with Gasteiger partial charge in [0.1, 0.15) is 5.82 Å². The van der Waals surface area contributed by atoms with Crippen molar-refractivity contribution in [2.45, 2.75) is 39.3 Å². The summed E-state index contributed by atoms with van der Waals surface area (Å²) in [5, 5.41) is 15.4. The zero-order chi connectivity index (χ0) is 15.1. The molecule has 0 fully saturated rings. The van der Waals surface area contributed by atoms with Gasteiger partial charge in [0.05, 0.1) is 17.4 Å². The summed E-state index contributed by atoms with van der Waals surface area (Å²) < 4.78 is 3.67. The molecule has 0 radical (unpaired) electrons. The van der Waals surface area contributed by atoms with Crippen LogP contribution in [0.4, 0.5) is 5.69 Å². The van der Waals surface area contributed by atoms with E-state index in [0.717, 1.165) is 36.7 Å². The second-order valence-electron chi connectivity index (χ2n) is 5.40. The number of hydrogen-bond acceptors (Lipinski definition) is 5. The molecule has 3 N–H and O–H groups in total. The van der Waals surface area contributed by atoms with Crippen molar-refractivity contribution in [3.8, 4) is 0 Å². The Hall–Kier alpha value is -2.38. The molecular formula is C13H19N7O. The van der Waals surface area contributed by atoms with Crippen LogP contribution in [0.15, 0.2) is 0 Å². The lowest BCUT2D eigenvalue weighted by Gasteiger charge is -2.13. The minimum Gasteiger partial charge on any atom is -0.395 e. The number of fused-ring (bicyclic) bond motifs is 1. The average molecular weight is 289 g/mol. The van der Waals surface area contributed by atoms with Gasteiger partial charge in [-0.2, -0.15) is 5.10 Å². The fourth-order valence-corrected chi connectivity index (χ4v) is 2.62. The first-order chi connectivity index (χ1) is 9.99. The molecule has 1 aliphatic heterocycles. The highest BCUT2D eigenvalue weighted by molar-refractivity contribution is 5.97. The van der Waals surface area contributed by atoms with Crippen LogP contribution in [0.2, 0.25) is 0 Å². The van der Waals surface area contributed by atoms with E-state index < -0.39 is 0 Å². The number of nitrogens with zero attached hydrogens (tertiary/aromatic N) is 5. The number of aryl methyl sites for hydroxylation is 2. The Morgan fingerprint density at radius 1 is 1.43 bits per heavy atom. The summed E-state index contributed by atoms with van der Waals surface area (Å²) in [4.78, 5) is 12.3. The van der Waals surface area contributed by atoms with Crippen LogP contribution in [0.25, 0.3) is 0 Å². The summed E-state index contributed by atoms with van der Waals surface area (Å²) in [5.41, 5.74) is 7.35. The normalized spacial score (nSPS) is 15.0. The largest absolute Gasteiger partial charge is 0.395 e. The van der Waals surface area contributed by atoms with Gasteiger partial charge in [0, 0.05) is 20.0 Å². The highest BCUT2D eigenvalue weighted by Crippen LogP contribution is 2.20. The number of anilines is 1. The highest BCUT2D eigenvalue weighted by Gasteiger charge is 2.24. The number of nitrogens with two attached hydrogens (primary N) is 1. The monoisotopic (exact) mass is 289 g/mol. The molecule has 21 heavy (non-hydrogen) atoms. The van der Waals surface area contributed by atoms with Gasteiger partial charge in [-0.25, -0.2) is 0 Å². The van der Waals surface area contributed by atoms with Crippen LogP contribution in [0.3, 0.4) is 0 Å². The maximum absolute atomic E-state index is 12.3. The number of carbonyl (C=O) groups is 1. The van der Waals surface area contributed by atoms with Crippen molar-refractivity contribution in [3.05, 3.63) is 23.0 Å². The van der Waals surface area contributed by atoms with Crippen LogP contribution < -0.4 is 11.1 Å². The smallest absolute Gasteiger partial charge is 0.274 e. The van der Waals surface area contributed by atoms with E-state index in [-0.39, 0.29) is 17.6 Å². The van der Waals surface area contributed by atoms with Crippen LogP contribution >= 0.6 is 0 Å². The first kappa shape index (κ1) is 13.6. The summed E-state index contributed by atoms with van der Waals surface area (Å²) >= 11 is 0. The van der Waals surface area contributed by atoms with E-state index in [1.54, 1.807) is 11.7 Å². The summed E-state index contributed by atoms with van der Waals surface area (Å²) in [6, 6.07) is -0.237. The zero-order valence-corrected chi connectivity index (χ0v) is 12.4. The molecule has 2 aromatic heterocycles. The van der Waals surface area contributed by atoms with Gasteiger partial charge in [-0.1, -0.05) is 0 Å². The highest BCUT2D eigenvalue weighted by atomic mass is 16.2. The van der Waals surface area contributed by atoms with E-state index in [2.05, 4.69) is 25.2 Å². The number of amides is 1. The van der Waals surface area contributed by atoms with Gasteiger partial charge in [0.15, 0.2) is 11.5 Å². The van der Waals surface area contributed by atoms with Crippen LogP contribution in [-0.4, -0.2) is 30.5 Å². The van der Waals surface area contributed by atoms with Crippen molar-refractivity contribution in [1.29, 1.82) is 0 Å². The minimum absolute atomic E-state index is 0.237. The molecule has 0 spiro atoms. The molecule has 1 amide bonds. The molecule has 3 rings (SSSR count). The number of nitrogens with one attached hydrogen (secondary N) is 1. The lowest BCUT2D eigenvalue weighted by molar-refractivity contribution is 0.0932. The van der Waals surface area contributed by atoms with E-state index in [1.165, 1.54) is 0 Å². The first-order valence-electron chi connectivity index (χ1n) is 7.01. The molecule has 8 heteroatoms. The second-order valence-corrected chi connectivity index (χ2v) is 5.40. The Balaban J connectivity index is 1.79. The molecule has 1 atom stereocenters. The Bertz CT molecular complexity index is 700. The molecule has 0 bridgehead atoms. The molecule has 3 heterocycles. The summed E-state index contributed by atoms with van der Waals surface area (Å²) in [6.07, 6.45) is 2.02. The number of carbonyl (C=O) groups excluding carboxylic acids is 1. The van der Waals surface area contributed by atoms with Crippen molar-refractivity contribution in [1.82, 2.24) is 29.9 Å². The van der Waals surface area contributed by atoms with Crippen molar-refractivity contribution >= 4 is 11.6 Å². The summed E-state index contributed by atoms with van der Waals surface area (Å²) in [5.74, 6) is 1.47. The van der Waals surface area contributed by atoms with Gasteiger partial charge < -0.3 is 15.6 Å². The summed E-state index contributed by atoms with van der Waals surface area (Å²) in [6.45, 7) is 4.62. The number of nitrogen functional groups attached to an aromatic ring is 1.